The summed E-state index contributed by atoms with van der Waals surface area (Å²) in [5.74, 6) is -0.767. The van der Waals surface area contributed by atoms with E-state index < -0.39 is 11.9 Å². The first-order chi connectivity index (χ1) is 32.1. The van der Waals surface area contributed by atoms with Gasteiger partial charge in [-0.15, -0.1) is 0 Å². The topological polar surface area (TPSA) is 226 Å². The monoisotopic (exact) mass is 924 g/mol. The van der Waals surface area contributed by atoms with Crippen LogP contribution in [-0.4, -0.2) is 134 Å². The molecule has 2 fully saturated rings. The van der Waals surface area contributed by atoms with Gasteiger partial charge in [-0.3, -0.25) is 34.1 Å². The molecule has 3 aliphatic heterocycles. The van der Waals surface area contributed by atoms with Crippen molar-refractivity contribution in [2.24, 2.45) is 0 Å². The van der Waals surface area contributed by atoms with E-state index in [-0.39, 0.29) is 62.0 Å². The number of carbonyl (C=O) groups is 6. The zero-order chi connectivity index (χ0) is 46.4. The summed E-state index contributed by atoms with van der Waals surface area (Å²) >= 11 is 6.38. The highest BCUT2D eigenvalue weighted by Crippen LogP contribution is 2.30. The molecule has 5 N–H and O–H groups in total. The molecule has 4 aromatic rings. The highest BCUT2D eigenvalue weighted by Gasteiger charge is 2.39. The number of ether oxygens (including phenoxy) is 3. The zero-order valence-corrected chi connectivity index (χ0v) is 37.4. The fourth-order valence-corrected chi connectivity index (χ4v) is 7.87. The van der Waals surface area contributed by atoms with Crippen LogP contribution >= 0.6 is 11.6 Å². The Hall–Kier alpha value is -6.67. The highest BCUT2D eigenvalue weighted by atomic mass is 35.5. The third-order valence-electron chi connectivity index (χ3n) is 11.2. The molecule has 0 bridgehead atoms. The van der Waals surface area contributed by atoms with Gasteiger partial charge in [0.1, 0.15) is 11.1 Å². The van der Waals surface area contributed by atoms with Gasteiger partial charge in [0.15, 0.2) is 5.82 Å². The van der Waals surface area contributed by atoms with Crippen LogP contribution < -0.4 is 31.5 Å². The summed E-state index contributed by atoms with van der Waals surface area (Å²) < 4.78 is 16.8. The van der Waals surface area contributed by atoms with Crippen molar-refractivity contribution in [3.63, 3.8) is 0 Å². The zero-order valence-electron chi connectivity index (χ0n) is 36.6. The van der Waals surface area contributed by atoms with Crippen molar-refractivity contribution in [3.05, 3.63) is 94.6 Å². The van der Waals surface area contributed by atoms with Crippen LogP contribution in [0.1, 0.15) is 58.4 Å². The van der Waals surface area contributed by atoms with E-state index in [9.17, 15) is 28.8 Å². The number of imide groups is 1. The second-order valence-corrected chi connectivity index (χ2v) is 16.1. The first kappa shape index (κ1) is 47.3. The standard InChI is InChI=1S/C46H53ClN10O9/c1-48-43(61)35-5-2-3-6-37(35)52-42-36(47)28-49-46(54-42)51-31-8-11-33(12-9-31)55-17-19-56(20-18-55)41(60)7-4-21-64-23-25-66-26-24-65-22-16-40(59)50-32-10-13-34-30(27-32)29-57(45(34)63)38-14-15-39(58)53-44(38)62/h2-3,5-6,8-13,27-28,38H,4,7,14-26,29H2,1H3,(H,48,61)(H,50,59)(H,53,58,62)(H2,49,51,52,54). The fourth-order valence-electron chi connectivity index (χ4n) is 7.73. The van der Waals surface area contributed by atoms with Crippen molar-refractivity contribution in [1.29, 1.82) is 0 Å². The molecular formula is C46H53ClN10O9. The summed E-state index contributed by atoms with van der Waals surface area (Å²) in [5.41, 5.74) is 4.56. The fraction of sp³-hybridized carbons (Fsp3) is 0.391. The van der Waals surface area contributed by atoms with Crippen LogP contribution in [-0.2, 0) is 39.9 Å². The van der Waals surface area contributed by atoms with Gasteiger partial charge in [0.25, 0.3) is 11.8 Å². The van der Waals surface area contributed by atoms with E-state index in [1.807, 2.05) is 35.2 Å². The Balaban J connectivity index is 0.703. The Labute approximate surface area is 386 Å². The lowest BCUT2D eigenvalue weighted by atomic mass is 10.0. The van der Waals surface area contributed by atoms with Crippen molar-refractivity contribution in [2.75, 3.05) is 93.7 Å². The molecular weight excluding hydrogens is 872 g/mol. The van der Waals surface area contributed by atoms with E-state index in [1.165, 1.54) is 11.1 Å². The van der Waals surface area contributed by atoms with Gasteiger partial charge in [-0.25, -0.2) is 4.98 Å². The maximum Gasteiger partial charge on any atom is 0.255 e. The van der Waals surface area contributed by atoms with Crippen molar-refractivity contribution in [2.45, 2.75) is 44.7 Å². The lowest BCUT2D eigenvalue weighted by Crippen LogP contribution is -2.52. The van der Waals surface area contributed by atoms with E-state index in [0.29, 0.717) is 117 Å². The van der Waals surface area contributed by atoms with Gasteiger partial charge >= 0.3 is 0 Å². The molecule has 7 rings (SSSR count). The lowest BCUT2D eigenvalue weighted by Gasteiger charge is -2.36. The third-order valence-corrected chi connectivity index (χ3v) is 11.5. The van der Waals surface area contributed by atoms with Crippen LogP contribution in [0.3, 0.4) is 0 Å². The quantitative estimate of drug-likeness (QED) is 0.0583. The van der Waals surface area contributed by atoms with Crippen LogP contribution in [0.15, 0.2) is 72.9 Å². The van der Waals surface area contributed by atoms with Gasteiger partial charge in [0.05, 0.1) is 56.9 Å². The number of halogens is 1. The maximum absolute atomic E-state index is 12.9. The summed E-state index contributed by atoms with van der Waals surface area (Å²) in [7, 11) is 1.57. The number of para-hydroxylation sites is 1. The van der Waals surface area contributed by atoms with Crippen LogP contribution in [0.2, 0.25) is 5.02 Å². The summed E-state index contributed by atoms with van der Waals surface area (Å²) in [6.45, 7) is 4.99. The molecule has 19 nitrogen and oxygen atoms in total. The van der Waals surface area contributed by atoms with Crippen molar-refractivity contribution < 1.29 is 43.0 Å². The first-order valence-electron chi connectivity index (χ1n) is 21.9. The maximum atomic E-state index is 12.9. The molecule has 1 aromatic heterocycles. The largest absolute Gasteiger partial charge is 0.379 e. The van der Waals surface area contributed by atoms with E-state index in [1.54, 1.807) is 43.4 Å². The normalized spacial score (nSPS) is 15.9. The average molecular weight is 925 g/mol. The second kappa shape index (κ2) is 23.0. The summed E-state index contributed by atoms with van der Waals surface area (Å²) in [6.07, 6.45) is 3.10. The van der Waals surface area contributed by atoms with Gasteiger partial charge < -0.3 is 50.2 Å². The molecule has 3 aromatic carbocycles. The number of piperazine rings is 1. The van der Waals surface area contributed by atoms with Gasteiger partial charge in [-0.2, -0.15) is 4.98 Å². The molecule has 1 atom stereocenters. The van der Waals surface area contributed by atoms with Gasteiger partial charge in [-0.05, 0) is 73.0 Å². The molecule has 3 aliphatic rings. The van der Waals surface area contributed by atoms with E-state index in [0.717, 1.165) is 11.4 Å². The number of benzene rings is 3. The molecule has 20 heteroatoms. The SMILES string of the molecule is CNC(=O)c1ccccc1Nc1nc(Nc2ccc(N3CCN(C(=O)CCCOCCOCCOCCC(=O)Nc4ccc5c(c4)CN(C4CCC(=O)NC4=O)C5=O)CC3)cc2)ncc1Cl. The molecule has 6 amide bonds. The van der Waals surface area contributed by atoms with Gasteiger partial charge in [0, 0.05) is 81.8 Å². The number of carbonyl (C=O) groups excluding carboxylic acids is 6. The Bertz CT molecular complexity index is 2400. The van der Waals surface area contributed by atoms with Crippen molar-refractivity contribution in [1.82, 2.24) is 30.4 Å². The number of piperidine rings is 1. The van der Waals surface area contributed by atoms with Crippen LogP contribution in [0.25, 0.3) is 0 Å². The third kappa shape index (κ3) is 12.6. The van der Waals surface area contributed by atoms with Crippen molar-refractivity contribution in [3.8, 4) is 0 Å². The Morgan fingerprint density at radius 1 is 0.833 bits per heavy atom. The number of aromatic nitrogens is 2. The Morgan fingerprint density at radius 3 is 2.29 bits per heavy atom. The van der Waals surface area contributed by atoms with E-state index in [4.69, 9.17) is 25.8 Å². The smallest absolute Gasteiger partial charge is 0.255 e. The van der Waals surface area contributed by atoms with Gasteiger partial charge in [-0.1, -0.05) is 23.7 Å². The minimum absolute atomic E-state index is 0.107. The minimum Gasteiger partial charge on any atom is -0.379 e. The molecule has 2 saturated heterocycles. The molecule has 0 saturated carbocycles. The van der Waals surface area contributed by atoms with E-state index in [2.05, 4.69) is 41.5 Å². The number of nitrogens with zero attached hydrogens (tertiary/aromatic N) is 5. The number of amides is 6. The van der Waals surface area contributed by atoms with E-state index >= 15 is 0 Å². The number of hydrogen-bond donors (Lipinski definition) is 5. The molecule has 0 aliphatic carbocycles. The summed E-state index contributed by atoms with van der Waals surface area (Å²) in [6, 6.07) is 19.3. The van der Waals surface area contributed by atoms with Crippen LogP contribution in [0.4, 0.5) is 34.5 Å². The number of rotatable bonds is 21. The first-order valence-corrected chi connectivity index (χ1v) is 22.2. The summed E-state index contributed by atoms with van der Waals surface area (Å²) in [4.78, 5) is 88.8. The number of anilines is 6. The Kier molecular flexibility index (Phi) is 16.5. The highest BCUT2D eigenvalue weighted by molar-refractivity contribution is 6.33. The molecule has 0 radical (unpaired) electrons. The molecule has 1 unspecified atom stereocenters. The minimum atomic E-state index is -0.698. The predicted octanol–water partition coefficient (Wildman–Crippen LogP) is 4.25. The van der Waals surface area contributed by atoms with Crippen LogP contribution in [0, 0.1) is 0 Å². The molecule has 348 valence electrons. The van der Waals surface area contributed by atoms with Gasteiger partial charge in [0.2, 0.25) is 29.6 Å². The lowest BCUT2D eigenvalue weighted by molar-refractivity contribution is -0.137. The number of nitrogens with one attached hydrogen (secondary N) is 5. The average Bonchev–Trinajstić information content (AvgIpc) is 3.64. The number of hydrogen-bond acceptors (Lipinski definition) is 14. The molecule has 66 heavy (non-hydrogen) atoms. The second-order valence-electron chi connectivity index (χ2n) is 15.7. The molecule has 0 spiro atoms. The Morgan fingerprint density at radius 2 is 1.55 bits per heavy atom. The van der Waals surface area contributed by atoms with Crippen molar-refractivity contribution >= 4 is 81.6 Å². The van der Waals surface area contributed by atoms with Crippen LogP contribution in [0.5, 0.6) is 0 Å². The number of fused-ring (bicyclic) bond motifs is 1. The predicted molar refractivity (Wildman–Crippen MR) is 246 cm³/mol. The molecule has 4 heterocycles. The summed E-state index contributed by atoms with van der Waals surface area (Å²) in [5, 5.41) is 14.4.